The van der Waals surface area contributed by atoms with Crippen LogP contribution in [0.4, 0.5) is 0 Å². The van der Waals surface area contributed by atoms with Crippen LogP contribution in [0.2, 0.25) is 0 Å². The van der Waals surface area contributed by atoms with E-state index in [0.29, 0.717) is 0 Å². The molecule has 0 aromatic carbocycles. The van der Waals surface area contributed by atoms with Crippen molar-refractivity contribution in [3.05, 3.63) is 0 Å². The number of carbonyl (C=O) groups excluding carboxylic acids is 2. The third-order valence-corrected chi connectivity index (χ3v) is 0.971. The minimum Gasteiger partial charge on any atom is -0.333 e. The zero-order chi connectivity index (χ0) is 10.6. The first-order valence-electron chi connectivity index (χ1n) is 3.91. The van der Waals surface area contributed by atoms with E-state index in [2.05, 4.69) is 9.68 Å². The third-order valence-electron chi connectivity index (χ3n) is 0.971. The summed E-state index contributed by atoms with van der Waals surface area (Å²) in [5.74, 6) is -1.06. The summed E-state index contributed by atoms with van der Waals surface area (Å²) in [6.45, 7) is 7.72. The number of hydroxylamine groups is 2. The fourth-order valence-electron chi connectivity index (χ4n) is 0.526. The molecule has 0 amide bonds. The van der Waals surface area contributed by atoms with Gasteiger partial charge >= 0.3 is 11.9 Å². The van der Waals surface area contributed by atoms with Gasteiger partial charge in [-0.15, -0.1) is 0 Å². The van der Waals surface area contributed by atoms with E-state index < -0.39 is 17.5 Å². The van der Waals surface area contributed by atoms with Crippen molar-refractivity contribution in [2.45, 2.75) is 40.2 Å². The highest BCUT2D eigenvalue weighted by molar-refractivity contribution is 5.67. The van der Waals surface area contributed by atoms with E-state index in [-0.39, 0.29) is 0 Å². The summed E-state index contributed by atoms with van der Waals surface area (Å²) >= 11 is 0. The summed E-state index contributed by atoms with van der Waals surface area (Å²) in [5.41, 5.74) is -0.572. The average Bonchev–Trinajstić information content (AvgIpc) is 1.81. The average molecular weight is 189 g/mol. The molecule has 0 aliphatic carbocycles. The van der Waals surface area contributed by atoms with Gasteiger partial charge in [-0.2, -0.15) is 0 Å². The molecular formula is C8H15NO4. The first kappa shape index (κ1) is 11.9. The van der Waals surface area contributed by atoms with Crippen molar-refractivity contribution in [1.82, 2.24) is 5.23 Å². The van der Waals surface area contributed by atoms with Crippen molar-refractivity contribution in [3.8, 4) is 0 Å². The monoisotopic (exact) mass is 189 g/mol. The van der Waals surface area contributed by atoms with Gasteiger partial charge in [0.25, 0.3) is 0 Å². The molecule has 0 aromatic heterocycles. The Morgan fingerprint density at radius 3 is 1.46 bits per heavy atom. The Hall–Kier alpha value is -1.10. The Kier molecular flexibility index (Phi) is 3.87. The van der Waals surface area contributed by atoms with Crippen LogP contribution in [0.1, 0.15) is 34.6 Å². The lowest BCUT2D eigenvalue weighted by atomic mass is 10.1. The topological polar surface area (TPSA) is 55.8 Å². The molecule has 76 valence electrons. The van der Waals surface area contributed by atoms with Gasteiger partial charge < -0.3 is 9.68 Å². The molecule has 0 aliphatic rings. The standard InChI is InChI=1S/C8H15NO4/c1-6(10)12-9(8(3,4)5)13-7(2)11/h1-5H3. The highest BCUT2D eigenvalue weighted by Gasteiger charge is 2.27. The van der Waals surface area contributed by atoms with Crippen LogP contribution in [0.25, 0.3) is 0 Å². The second-order valence-corrected chi connectivity index (χ2v) is 3.59. The fraction of sp³-hybridized carbons (Fsp3) is 0.750. The Morgan fingerprint density at radius 2 is 1.31 bits per heavy atom. The van der Waals surface area contributed by atoms with Crippen molar-refractivity contribution in [2.75, 3.05) is 0 Å². The van der Waals surface area contributed by atoms with Crippen molar-refractivity contribution in [2.24, 2.45) is 0 Å². The maximum atomic E-state index is 10.6. The van der Waals surface area contributed by atoms with Gasteiger partial charge in [-0.1, -0.05) is 0 Å². The van der Waals surface area contributed by atoms with Gasteiger partial charge in [0.05, 0.1) is 5.54 Å². The van der Waals surface area contributed by atoms with E-state index >= 15 is 0 Å². The van der Waals surface area contributed by atoms with E-state index in [0.717, 1.165) is 5.23 Å². The Balaban J connectivity index is 4.37. The molecule has 0 fully saturated rings. The van der Waals surface area contributed by atoms with Crippen LogP contribution in [0.3, 0.4) is 0 Å². The number of rotatable bonds is 2. The van der Waals surface area contributed by atoms with Gasteiger partial charge in [0, 0.05) is 19.1 Å². The van der Waals surface area contributed by atoms with Crippen LogP contribution in [-0.2, 0) is 19.3 Å². The van der Waals surface area contributed by atoms with E-state index in [1.54, 1.807) is 20.8 Å². The van der Waals surface area contributed by atoms with Gasteiger partial charge in [0.2, 0.25) is 0 Å². The Labute approximate surface area is 77.5 Å². The van der Waals surface area contributed by atoms with Crippen molar-refractivity contribution in [3.63, 3.8) is 0 Å². The quantitative estimate of drug-likeness (QED) is 0.607. The predicted molar refractivity (Wildman–Crippen MR) is 45.1 cm³/mol. The van der Waals surface area contributed by atoms with Crippen LogP contribution in [-0.4, -0.2) is 22.7 Å². The molecule has 0 spiro atoms. The van der Waals surface area contributed by atoms with E-state index in [1.165, 1.54) is 13.8 Å². The number of carbonyl (C=O) groups is 2. The molecule has 0 aromatic rings. The summed E-state index contributed by atoms with van der Waals surface area (Å²) < 4.78 is 0. The first-order valence-corrected chi connectivity index (χ1v) is 3.91. The molecule has 0 N–H and O–H groups in total. The minimum absolute atomic E-state index is 0.531. The lowest BCUT2D eigenvalue weighted by molar-refractivity contribution is -0.359. The van der Waals surface area contributed by atoms with E-state index in [4.69, 9.17) is 0 Å². The summed E-state index contributed by atoms with van der Waals surface area (Å²) in [6, 6.07) is 0. The minimum atomic E-state index is -0.572. The van der Waals surface area contributed by atoms with E-state index in [1.807, 2.05) is 0 Å². The van der Waals surface area contributed by atoms with Crippen molar-refractivity contribution in [1.29, 1.82) is 0 Å². The molecule has 0 atom stereocenters. The second-order valence-electron chi connectivity index (χ2n) is 3.59. The molecule has 0 radical (unpaired) electrons. The maximum absolute atomic E-state index is 10.6. The van der Waals surface area contributed by atoms with Gasteiger partial charge in [-0.3, -0.25) is 9.59 Å². The van der Waals surface area contributed by atoms with Gasteiger partial charge in [-0.05, 0) is 20.8 Å². The lowest BCUT2D eigenvalue weighted by Gasteiger charge is -2.29. The van der Waals surface area contributed by atoms with Crippen LogP contribution in [0.15, 0.2) is 0 Å². The van der Waals surface area contributed by atoms with Crippen LogP contribution < -0.4 is 0 Å². The molecular weight excluding hydrogens is 174 g/mol. The lowest BCUT2D eigenvalue weighted by Crippen LogP contribution is -2.43. The number of hydrogen-bond donors (Lipinski definition) is 0. The van der Waals surface area contributed by atoms with Crippen LogP contribution in [0, 0.1) is 0 Å². The second kappa shape index (κ2) is 4.23. The number of hydrogen-bond acceptors (Lipinski definition) is 5. The van der Waals surface area contributed by atoms with Crippen LogP contribution >= 0.6 is 0 Å². The van der Waals surface area contributed by atoms with Gasteiger partial charge in [0.1, 0.15) is 0 Å². The molecule has 0 saturated heterocycles. The highest BCUT2D eigenvalue weighted by Crippen LogP contribution is 2.14. The molecule has 0 aliphatic heterocycles. The molecule has 0 rings (SSSR count). The molecule has 0 saturated carbocycles. The summed E-state index contributed by atoms with van der Waals surface area (Å²) in [7, 11) is 0. The summed E-state index contributed by atoms with van der Waals surface area (Å²) in [4.78, 5) is 30.6. The normalized spacial score (nSPS) is 11.2. The highest BCUT2D eigenvalue weighted by atomic mass is 17.0. The van der Waals surface area contributed by atoms with Gasteiger partial charge in [0.15, 0.2) is 0 Å². The first-order chi connectivity index (χ1) is 5.73. The smallest absolute Gasteiger partial charge is 0.326 e. The fourth-order valence-corrected chi connectivity index (χ4v) is 0.526. The Morgan fingerprint density at radius 1 is 1.00 bits per heavy atom. The molecule has 0 bridgehead atoms. The maximum Gasteiger partial charge on any atom is 0.326 e. The molecule has 0 unspecified atom stereocenters. The third kappa shape index (κ3) is 5.19. The Bertz CT molecular complexity index is 191. The summed E-state index contributed by atoms with van der Waals surface area (Å²) in [6.07, 6.45) is 0. The SMILES string of the molecule is CC(=O)ON(OC(C)=O)C(C)(C)C. The predicted octanol–water partition coefficient (Wildman–Crippen LogP) is 1.04. The molecule has 5 nitrogen and oxygen atoms in total. The molecule has 13 heavy (non-hydrogen) atoms. The van der Waals surface area contributed by atoms with Crippen molar-refractivity contribution >= 4 is 11.9 Å². The largest absolute Gasteiger partial charge is 0.333 e. The summed E-state index contributed by atoms with van der Waals surface area (Å²) in [5, 5.41) is 0.887. The van der Waals surface area contributed by atoms with Gasteiger partial charge in [-0.25, -0.2) is 0 Å². The number of nitrogens with zero attached hydrogens (tertiary/aromatic N) is 1. The van der Waals surface area contributed by atoms with E-state index in [9.17, 15) is 9.59 Å². The molecule has 0 heterocycles. The van der Waals surface area contributed by atoms with Crippen molar-refractivity contribution < 1.29 is 19.3 Å². The van der Waals surface area contributed by atoms with Crippen LogP contribution in [0.5, 0.6) is 0 Å². The zero-order valence-corrected chi connectivity index (χ0v) is 8.58. The zero-order valence-electron chi connectivity index (χ0n) is 8.58. The molecule has 5 heteroatoms.